The molecule has 0 amide bonds. The summed E-state index contributed by atoms with van der Waals surface area (Å²) in [5.41, 5.74) is 0. The third kappa shape index (κ3) is 57.3. The van der Waals surface area contributed by atoms with Crippen molar-refractivity contribution < 1.29 is 28.6 Å². The van der Waals surface area contributed by atoms with Crippen LogP contribution in [0.5, 0.6) is 0 Å². The average Bonchev–Trinajstić information content (AvgIpc) is 3.39. The molecule has 0 fully saturated rings. The smallest absolute Gasteiger partial charge is 0.306 e. The predicted octanol–water partition coefficient (Wildman–Crippen LogP) is 19.3. The van der Waals surface area contributed by atoms with Crippen LogP contribution in [0, 0.1) is 0 Å². The summed E-state index contributed by atoms with van der Waals surface area (Å²) in [6, 6.07) is 0. The Bertz CT molecular complexity index is 1770. The SMILES string of the molecule is CC/C=C\C/C=C\C/C=C\C/C=C\C/C=C\CCCCCC(=O)OC[C@H](COC(=O)CCC/C=C\C/C=C\C/C=C\C/C=C\C/C=C\CC)OC(=O)CCCCC/C=C\C/C=C\C/C=C\C/C=C\C/C=C\CC. The first-order chi connectivity index (χ1) is 36.0. The fourth-order valence-corrected chi connectivity index (χ4v) is 6.76. The van der Waals surface area contributed by atoms with E-state index < -0.39 is 6.10 Å². The van der Waals surface area contributed by atoms with E-state index in [0.717, 1.165) is 148 Å². The van der Waals surface area contributed by atoms with Gasteiger partial charge in [-0.1, -0.05) is 216 Å². The van der Waals surface area contributed by atoms with Crippen LogP contribution in [-0.2, 0) is 28.6 Å². The minimum atomic E-state index is -0.844. The zero-order valence-electron chi connectivity index (χ0n) is 46.1. The molecule has 0 aliphatic rings. The number of rotatable bonds is 48. The van der Waals surface area contributed by atoms with E-state index in [-0.39, 0.29) is 44.0 Å². The highest BCUT2D eigenvalue weighted by Gasteiger charge is 2.19. The second kappa shape index (κ2) is 59.1. The van der Waals surface area contributed by atoms with Gasteiger partial charge in [0.05, 0.1) is 0 Å². The highest BCUT2D eigenvalue weighted by Crippen LogP contribution is 2.11. The number of ether oxygens (including phenoxy) is 3. The first kappa shape index (κ1) is 67.5. The lowest BCUT2D eigenvalue weighted by atomic mass is 10.1. The van der Waals surface area contributed by atoms with E-state index in [1.54, 1.807) is 0 Å². The minimum absolute atomic E-state index is 0.137. The molecule has 0 aliphatic carbocycles. The molecular weight excluding hydrogens is 901 g/mol. The Balaban J connectivity index is 4.65. The highest BCUT2D eigenvalue weighted by atomic mass is 16.6. The van der Waals surface area contributed by atoms with Gasteiger partial charge in [-0.15, -0.1) is 0 Å². The van der Waals surface area contributed by atoms with Gasteiger partial charge in [-0.25, -0.2) is 0 Å². The van der Waals surface area contributed by atoms with Crippen molar-refractivity contribution in [2.75, 3.05) is 13.2 Å². The molecule has 1 atom stereocenters. The van der Waals surface area contributed by atoms with Crippen LogP contribution in [0.3, 0.4) is 0 Å². The van der Waals surface area contributed by atoms with E-state index in [1.165, 1.54) is 0 Å². The van der Waals surface area contributed by atoms with Gasteiger partial charge in [-0.3, -0.25) is 14.4 Å². The lowest BCUT2D eigenvalue weighted by Gasteiger charge is -2.18. The maximum absolute atomic E-state index is 12.9. The molecule has 0 N–H and O–H groups in total. The second-order valence-electron chi connectivity index (χ2n) is 17.7. The fourth-order valence-electron chi connectivity index (χ4n) is 6.76. The molecule has 404 valence electrons. The lowest BCUT2D eigenvalue weighted by Crippen LogP contribution is -2.30. The normalized spacial score (nSPS) is 13.5. The Hall–Kier alpha value is -5.49. The monoisotopic (exact) mass is 1000 g/mol. The second-order valence-corrected chi connectivity index (χ2v) is 17.7. The molecule has 0 spiro atoms. The molecule has 0 heterocycles. The molecule has 0 radical (unpaired) electrons. The summed E-state index contributed by atoms with van der Waals surface area (Å²) in [5, 5.41) is 0. The van der Waals surface area contributed by atoms with Gasteiger partial charge in [0, 0.05) is 19.3 Å². The molecule has 0 aromatic rings. The van der Waals surface area contributed by atoms with Gasteiger partial charge in [0.1, 0.15) is 13.2 Å². The Morgan fingerprint density at radius 1 is 0.274 bits per heavy atom. The molecule has 6 heteroatoms. The van der Waals surface area contributed by atoms with Crippen molar-refractivity contribution in [2.24, 2.45) is 0 Å². The fraction of sp³-hybridized carbons (Fsp3) is 0.507. The Morgan fingerprint density at radius 3 is 0.795 bits per heavy atom. The van der Waals surface area contributed by atoms with Crippen molar-refractivity contribution in [2.45, 2.75) is 207 Å². The first-order valence-corrected chi connectivity index (χ1v) is 28.3. The van der Waals surface area contributed by atoms with Crippen LogP contribution in [0.1, 0.15) is 201 Å². The van der Waals surface area contributed by atoms with Crippen LogP contribution >= 0.6 is 0 Å². The summed E-state index contributed by atoms with van der Waals surface area (Å²) < 4.78 is 16.8. The Morgan fingerprint density at radius 2 is 0.507 bits per heavy atom. The Kier molecular flexibility index (Phi) is 54.6. The van der Waals surface area contributed by atoms with Crippen LogP contribution in [-0.4, -0.2) is 37.2 Å². The van der Waals surface area contributed by atoms with Crippen LogP contribution in [0.2, 0.25) is 0 Å². The van der Waals surface area contributed by atoms with E-state index in [0.29, 0.717) is 19.3 Å². The molecule has 0 unspecified atom stereocenters. The maximum atomic E-state index is 12.9. The van der Waals surface area contributed by atoms with E-state index in [1.807, 2.05) is 0 Å². The largest absolute Gasteiger partial charge is 0.462 e. The summed E-state index contributed by atoms with van der Waals surface area (Å²) in [7, 11) is 0. The molecule has 0 bridgehead atoms. The summed E-state index contributed by atoms with van der Waals surface area (Å²) in [4.78, 5) is 38.2. The number of esters is 3. The van der Waals surface area contributed by atoms with Crippen molar-refractivity contribution in [3.05, 3.63) is 182 Å². The van der Waals surface area contributed by atoms with Crippen LogP contribution < -0.4 is 0 Å². The Labute approximate surface area is 446 Å². The zero-order valence-corrected chi connectivity index (χ0v) is 46.1. The lowest BCUT2D eigenvalue weighted by molar-refractivity contribution is -0.167. The summed E-state index contributed by atoms with van der Waals surface area (Å²) in [6.45, 7) is 6.16. The summed E-state index contributed by atoms with van der Waals surface area (Å²) in [6.07, 6.45) is 88.8. The van der Waals surface area contributed by atoms with Gasteiger partial charge in [0.25, 0.3) is 0 Å². The van der Waals surface area contributed by atoms with Crippen LogP contribution in [0.25, 0.3) is 0 Å². The standard InChI is InChI=1S/C67H100O6/c1-4-7-10-13-16-19-22-25-28-31-33-36-39-42-45-48-51-54-57-60-66(69)72-63-64(62-71-65(68)59-56-53-50-47-44-41-38-35-30-27-24-21-18-15-12-9-6-3)73-67(70)61-58-55-52-49-46-43-40-37-34-32-29-26-23-20-17-14-11-8-5-2/h7-12,16-21,25-30,33-34,36-38,41-43,45-47,50,64H,4-6,13-15,22-24,31-32,35,39-40,44,48-49,51-63H2,1-3H3/b10-7-,11-8-,12-9-,19-16-,20-17-,21-18-,28-25-,29-26-,30-27-,36-33-,37-34-,41-38-,45-42-,46-43-,50-47-/t64-/m0/s1. The topological polar surface area (TPSA) is 78.9 Å². The third-order valence-electron chi connectivity index (χ3n) is 10.9. The predicted molar refractivity (Wildman–Crippen MR) is 315 cm³/mol. The molecule has 0 aliphatic heterocycles. The molecule has 0 rings (SSSR count). The van der Waals surface area contributed by atoms with Gasteiger partial charge >= 0.3 is 17.9 Å². The number of unbranched alkanes of at least 4 members (excludes halogenated alkanes) is 7. The molecule has 0 saturated carbocycles. The number of hydrogen-bond donors (Lipinski definition) is 0. The molecular formula is C67H100O6. The summed E-state index contributed by atoms with van der Waals surface area (Å²) >= 11 is 0. The molecule has 0 aromatic heterocycles. The first-order valence-electron chi connectivity index (χ1n) is 28.3. The minimum Gasteiger partial charge on any atom is -0.462 e. The van der Waals surface area contributed by atoms with Crippen molar-refractivity contribution in [3.63, 3.8) is 0 Å². The van der Waals surface area contributed by atoms with Gasteiger partial charge in [0.2, 0.25) is 0 Å². The molecule has 6 nitrogen and oxygen atoms in total. The molecule has 0 aromatic carbocycles. The number of carbonyl (C=O) groups excluding carboxylic acids is 3. The van der Waals surface area contributed by atoms with Gasteiger partial charge < -0.3 is 14.2 Å². The van der Waals surface area contributed by atoms with Crippen LogP contribution in [0.4, 0.5) is 0 Å². The van der Waals surface area contributed by atoms with E-state index >= 15 is 0 Å². The van der Waals surface area contributed by atoms with E-state index in [2.05, 4.69) is 203 Å². The number of allylic oxidation sites excluding steroid dienone is 30. The van der Waals surface area contributed by atoms with E-state index in [4.69, 9.17) is 14.2 Å². The van der Waals surface area contributed by atoms with Crippen LogP contribution in [0.15, 0.2) is 182 Å². The van der Waals surface area contributed by atoms with Crippen molar-refractivity contribution in [3.8, 4) is 0 Å². The highest BCUT2D eigenvalue weighted by molar-refractivity contribution is 5.71. The van der Waals surface area contributed by atoms with E-state index in [9.17, 15) is 14.4 Å². The molecule has 73 heavy (non-hydrogen) atoms. The quantitative estimate of drug-likeness (QED) is 0.0262. The van der Waals surface area contributed by atoms with Gasteiger partial charge in [-0.05, 0) is 148 Å². The van der Waals surface area contributed by atoms with Crippen molar-refractivity contribution in [1.29, 1.82) is 0 Å². The third-order valence-corrected chi connectivity index (χ3v) is 10.9. The number of hydrogen-bond acceptors (Lipinski definition) is 6. The number of carbonyl (C=O) groups is 3. The van der Waals surface area contributed by atoms with Gasteiger partial charge in [-0.2, -0.15) is 0 Å². The van der Waals surface area contributed by atoms with Crippen molar-refractivity contribution >= 4 is 17.9 Å². The average molecular weight is 1000 g/mol. The maximum Gasteiger partial charge on any atom is 0.306 e. The summed E-state index contributed by atoms with van der Waals surface area (Å²) in [5.74, 6) is -1.07. The van der Waals surface area contributed by atoms with Gasteiger partial charge in [0.15, 0.2) is 6.10 Å². The zero-order chi connectivity index (χ0) is 52.9. The van der Waals surface area contributed by atoms with Crippen molar-refractivity contribution in [1.82, 2.24) is 0 Å². The molecule has 0 saturated heterocycles.